The summed E-state index contributed by atoms with van der Waals surface area (Å²) in [4.78, 5) is 11.1. The van der Waals surface area contributed by atoms with Gasteiger partial charge in [-0.05, 0) is 77.1 Å². The van der Waals surface area contributed by atoms with E-state index in [2.05, 4.69) is 24.7 Å². The molecule has 0 spiro atoms. The quantitative estimate of drug-likeness (QED) is 0.174. The van der Waals surface area contributed by atoms with Crippen molar-refractivity contribution in [3.8, 4) is 22.6 Å². The highest BCUT2D eigenvalue weighted by molar-refractivity contribution is 6.01. The van der Waals surface area contributed by atoms with Gasteiger partial charge in [0.15, 0.2) is 0 Å². The number of ether oxygens (including phenoxy) is 2. The summed E-state index contributed by atoms with van der Waals surface area (Å²) in [5.74, 6) is 0.328. The molecule has 8 heteroatoms. The van der Waals surface area contributed by atoms with Gasteiger partial charge in [0.2, 0.25) is 0 Å². The molecule has 228 valence electrons. The summed E-state index contributed by atoms with van der Waals surface area (Å²) in [6.07, 6.45) is 3.45. The highest BCUT2D eigenvalue weighted by Gasteiger charge is 2.18. The normalized spacial score (nSPS) is 10.7. The first-order valence-electron chi connectivity index (χ1n) is 14.4. The molecule has 1 heterocycles. The second-order valence-electron chi connectivity index (χ2n) is 10.4. The van der Waals surface area contributed by atoms with Crippen molar-refractivity contribution in [2.24, 2.45) is 5.73 Å². The first kappa shape index (κ1) is 31.8. The van der Waals surface area contributed by atoms with Gasteiger partial charge < -0.3 is 20.3 Å². The van der Waals surface area contributed by atoms with Crippen molar-refractivity contribution >= 4 is 22.4 Å². The third-order valence-corrected chi connectivity index (χ3v) is 7.40. The lowest BCUT2D eigenvalue weighted by molar-refractivity contribution is -0.136. The van der Waals surface area contributed by atoms with Gasteiger partial charge >= 0.3 is 5.97 Å². The average molecular weight is 596 g/mol. The highest BCUT2D eigenvalue weighted by Crippen LogP contribution is 2.43. The van der Waals surface area contributed by atoms with E-state index >= 15 is 0 Å². The van der Waals surface area contributed by atoms with Crippen LogP contribution in [0.25, 0.3) is 27.6 Å². The van der Waals surface area contributed by atoms with Crippen molar-refractivity contribution in [2.75, 3.05) is 14.2 Å². The predicted molar refractivity (Wildman–Crippen MR) is 174 cm³/mol. The van der Waals surface area contributed by atoms with E-state index in [1.165, 1.54) is 6.07 Å². The first-order chi connectivity index (χ1) is 21.2. The van der Waals surface area contributed by atoms with Crippen molar-refractivity contribution in [3.05, 3.63) is 119 Å². The Labute approximate surface area is 257 Å². The third kappa shape index (κ3) is 7.26. The van der Waals surface area contributed by atoms with Crippen LogP contribution in [-0.4, -0.2) is 35.1 Å². The topological polar surface area (TPSA) is 99.6 Å². The van der Waals surface area contributed by atoms with Crippen molar-refractivity contribution in [2.45, 2.75) is 39.7 Å². The Balaban J connectivity index is 0.000000339. The van der Waals surface area contributed by atoms with Crippen LogP contribution in [0.1, 0.15) is 41.3 Å². The maximum absolute atomic E-state index is 13.0. The van der Waals surface area contributed by atoms with E-state index < -0.39 is 5.97 Å². The van der Waals surface area contributed by atoms with E-state index in [4.69, 9.17) is 20.3 Å². The van der Waals surface area contributed by atoms with Crippen LogP contribution in [0.5, 0.6) is 11.5 Å². The number of nitrogens with two attached hydrogens (primary N) is 1. The molecule has 0 amide bonds. The third-order valence-electron chi connectivity index (χ3n) is 7.40. The molecule has 44 heavy (non-hydrogen) atoms. The van der Waals surface area contributed by atoms with E-state index in [-0.39, 0.29) is 17.9 Å². The highest BCUT2D eigenvalue weighted by atomic mass is 19.1. The SMILES string of the molecule is C=C(N)c1c(C)cccc1F.CCc1ccn(Cc2cc(OC)c(-c3cccc4c(CCC(=O)O)cccc34)c(OC)c2)n1. The maximum Gasteiger partial charge on any atom is 0.303 e. The van der Waals surface area contributed by atoms with Crippen LogP contribution in [0, 0.1) is 12.7 Å². The summed E-state index contributed by atoms with van der Waals surface area (Å²) in [5.41, 5.74) is 11.9. The fraction of sp³-hybridized carbons (Fsp3) is 0.222. The molecule has 7 nitrogen and oxygen atoms in total. The van der Waals surface area contributed by atoms with E-state index in [0.29, 0.717) is 18.5 Å². The molecule has 3 N–H and O–H groups in total. The monoisotopic (exact) mass is 595 g/mol. The van der Waals surface area contributed by atoms with Gasteiger partial charge in [-0.2, -0.15) is 5.10 Å². The number of fused-ring (bicyclic) bond motifs is 1. The number of halogens is 1. The number of carboxylic acid groups (broad SMARTS) is 1. The number of aryl methyl sites for hydroxylation is 3. The van der Waals surface area contributed by atoms with Gasteiger partial charge in [-0.15, -0.1) is 0 Å². The molecule has 0 aliphatic carbocycles. The molecule has 1 aromatic heterocycles. The van der Waals surface area contributed by atoms with E-state index in [9.17, 15) is 9.18 Å². The summed E-state index contributed by atoms with van der Waals surface area (Å²) in [7, 11) is 3.32. The van der Waals surface area contributed by atoms with Crippen LogP contribution in [0.2, 0.25) is 0 Å². The average Bonchev–Trinajstić information content (AvgIpc) is 3.46. The molecule has 0 unspecified atom stereocenters. The summed E-state index contributed by atoms with van der Waals surface area (Å²) in [6, 6.07) is 23.0. The Hall–Kier alpha value is -5.11. The molecular weight excluding hydrogens is 557 g/mol. The number of rotatable bonds is 10. The number of hydrogen-bond acceptors (Lipinski definition) is 5. The van der Waals surface area contributed by atoms with Gasteiger partial charge in [0, 0.05) is 23.9 Å². The van der Waals surface area contributed by atoms with Crippen molar-refractivity contribution in [1.82, 2.24) is 9.78 Å². The van der Waals surface area contributed by atoms with Crippen LogP contribution in [0.4, 0.5) is 4.39 Å². The Morgan fingerprint density at radius 3 is 2.23 bits per heavy atom. The Bertz CT molecular complexity index is 1750. The molecule has 0 saturated carbocycles. The van der Waals surface area contributed by atoms with Crippen LogP contribution in [0.3, 0.4) is 0 Å². The Morgan fingerprint density at radius 1 is 1.00 bits per heavy atom. The van der Waals surface area contributed by atoms with Gasteiger partial charge in [-0.25, -0.2) is 4.39 Å². The van der Waals surface area contributed by atoms with E-state index in [1.807, 2.05) is 59.4 Å². The van der Waals surface area contributed by atoms with Crippen molar-refractivity contribution < 1.29 is 23.8 Å². The molecule has 4 aromatic carbocycles. The molecular formula is C36H38FN3O4. The van der Waals surface area contributed by atoms with E-state index in [0.717, 1.165) is 62.2 Å². The van der Waals surface area contributed by atoms with Gasteiger partial charge in [0.05, 0.1) is 32.0 Å². The zero-order chi connectivity index (χ0) is 31.8. The number of nitrogens with zero attached hydrogens (tertiary/aromatic N) is 2. The summed E-state index contributed by atoms with van der Waals surface area (Å²) < 4.78 is 26.5. The second-order valence-corrected chi connectivity index (χ2v) is 10.4. The molecule has 0 atom stereocenters. The Morgan fingerprint density at radius 2 is 1.66 bits per heavy atom. The molecule has 0 radical (unpaired) electrons. The lowest BCUT2D eigenvalue weighted by atomic mass is 9.92. The number of carboxylic acids is 1. The number of carbonyl (C=O) groups is 1. The Kier molecular flexibility index (Phi) is 10.4. The van der Waals surface area contributed by atoms with Crippen LogP contribution in [-0.2, 0) is 24.2 Å². The maximum atomic E-state index is 13.0. The fourth-order valence-corrected chi connectivity index (χ4v) is 5.28. The second kappa shape index (κ2) is 14.4. The number of aromatic nitrogens is 2. The fourth-order valence-electron chi connectivity index (χ4n) is 5.28. The largest absolute Gasteiger partial charge is 0.496 e. The molecule has 5 aromatic rings. The molecule has 0 aliphatic rings. The zero-order valence-corrected chi connectivity index (χ0v) is 25.6. The van der Waals surface area contributed by atoms with Gasteiger partial charge in [0.1, 0.15) is 17.3 Å². The van der Waals surface area contributed by atoms with Crippen LogP contribution >= 0.6 is 0 Å². The molecule has 5 rings (SSSR count). The predicted octanol–water partition coefficient (Wildman–Crippen LogP) is 7.41. The lowest BCUT2D eigenvalue weighted by Crippen LogP contribution is -2.03. The van der Waals surface area contributed by atoms with Gasteiger partial charge in [-0.1, -0.05) is 62.0 Å². The van der Waals surface area contributed by atoms with Crippen LogP contribution < -0.4 is 15.2 Å². The number of aliphatic carboxylic acids is 1. The van der Waals surface area contributed by atoms with E-state index in [1.54, 1.807) is 33.3 Å². The molecule has 0 aliphatic heterocycles. The number of benzene rings is 4. The minimum atomic E-state index is -0.801. The minimum absolute atomic E-state index is 0.0951. The number of methoxy groups -OCH3 is 2. The minimum Gasteiger partial charge on any atom is -0.496 e. The van der Waals surface area contributed by atoms with Gasteiger partial charge in [0.25, 0.3) is 0 Å². The summed E-state index contributed by atoms with van der Waals surface area (Å²) >= 11 is 0. The molecule has 0 fully saturated rings. The van der Waals surface area contributed by atoms with Crippen molar-refractivity contribution in [3.63, 3.8) is 0 Å². The first-order valence-corrected chi connectivity index (χ1v) is 14.4. The smallest absolute Gasteiger partial charge is 0.303 e. The number of hydrogen-bond donors (Lipinski definition) is 2. The molecule has 0 saturated heterocycles. The van der Waals surface area contributed by atoms with Crippen molar-refractivity contribution in [1.29, 1.82) is 0 Å². The summed E-state index contributed by atoms with van der Waals surface area (Å²) in [5, 5.41) is 15.8. The van der Waals surface area contributed by atoms with Gasteiger partial charge in [-0.3, -0.25) is 9.48 Å². The lowest BCUT2D eigenvalue weighted by Gasteiger charge is -2.18. The molecule has 0 bridgehead atoms. The zero-order valence-electron chi connectivity index (χ0n) is 25.6. The standard InChI is InChI=1S/C27H28N2O4.C9H10FN/c1-4-20-13-14-29(28-20)17-18-15-24(32-2)27(25(16-18)33-3)23-10-6-8-21-19(11-12-26(30)31)7-5-9-22(21)23;1-6-4-3-5-8(10)9(6)7(2)11/h5-10,13-16H,4,11-12,17H2,1-3H3,(H,30,31);3-5H,2,11H2,1H3. The summed E-state index contributed by atoms with van der Waals surface area (Å²) in [6.45, 7) is 7.99. The van der Waals surface area contributed by atoms with Crippen LogP contribution in [0.15, 0.2) is 85.6 Å².